The van der Waals surface area contributed by atoms with Crippen LogP contribution in [0.3, 0.4) is 0 Å². The van der Waals surface area contributed by atoms with Gasteiger partial charge in [-0.05, 0) is 13.3 Å². The fourth-order valence-electron chi connectivity index (χ4n) is 1.59. The molecule has 0 saturated carbocycles. The summed E-state index contributed by atoms with van der Waals surface area (Å²) < 4.78 is 9.17. The van der Waals surface area contributed by atoms with E-state index in [1.807, 2.05) is 6.92 Å². The monoisotopic (exact) mass is 264 g/mol. The van der Waals surface area contributed by atoms with Gasteiger partial charge in [0.1, 0.15) is 0 Å². The van der Waals surface area contributed by atoms with Crippen molar-refractivity contribution in [3.05, 3.63) is 0 Å². The summed E-state index contributed by atoms with van der Waals surface area (Å²) in [6.45, 7) is 2.05. The van der Waals surface area contributed by atoms with Gasteiger partial charge in [0.15, 0.2) is 5.92 Å². The molecule has 0 aromatic rings. The third-order valence-electron chi connectivity index (χ3n) is 2.44. The fraction of sp³-hybridized carbons (Fsp3) is 0.800. The standard InChI is InChI=1S/C10H16O4S2/c1-10(15-4-5-16-10)6-7(8(11)13-2)9(12)14-3/h7H,4-6H2,1-3H3. The number of hydrogen-bond acceptors (Lipinski definition) is 6. The molecule has 0 aromatic carbocycles. The van der Waals surface area contributed by atoms with Gasteiger partial charge in [0.25, 0.3) is 0 Å². The van der Waals surface area contributed by atoms with Crippen LogP contribution in [-0.2, 0) is 19.1 Å². The van der Waals surface area contributed by atoms with Crippen molar-refractivity contribution in [2.24, 2.45) is 5.92 Å². The van der Waals surface area contributed by atoms with Gasteiger partial charge in [0.2, 0.25) is 0 Å². The van der Waals surface area contributed by atoms with Gasteiger partial charge in [-0.15, -0.1) is 23.5 Å². The Morgan fingerprint density at radius 1 is 1.19 bits per heavy atom. The Morgan fingerprint density at radius 2 is 1.62 bits per heavy atom. The smallest absolute Gasteiger partial charge is 0.320 e. The summed E-state index contributed by atoms with van der Waals surface area (Å²) in [5.41, 5.74) is 0. The molecule has 0 aliphatic carbocycles. The molecule has 0 aromatic heterocycles. The topological polar surface area (TPSA) is 52.6 Å². The van der Waals surface area contributed by atoms with E-state index in [0.717, 1.165) is 11.5 Å². The molecule has 1 aliphatic rings. The average molecular weight is 264 g/mol. The first-order valence-electron chi connectivity index (χ1n) is 4.96. The lowest BCUT2D eigenvalue weighted by Gasteiger charge is -2.24. The number of ether oxygens (including phenoxy) is 2. The van der Waals surface area contributed by atoms with E-state index in [-0.39, 0.29) is 4.08 Å². The maximum Gasteiger partial charge on any atom is 0.320 e. The lowest BCUT2D eigenvalue weighted by molar-refractivity contribution is -0.159. The second kappa shape index (κ2) is 5.82. The molecule has 92 valence electrons. The molecule has 4 nitrogen and oxygen atoms in total. The minimum Gasteiger partial charge on any atom is -0.468 e. The average Bonchev–Trinajstić information content (AvgIpc) is 2.71. The van der Waals surface area contributed by atoms with Crippen LogP contribution in [0.1, 0.15) is 13.3 Å². The molecule has 6 heteroatoms. The van der Waals surface area contributed by atoms with Gasteiger partial charge >= 0.3 is 11.9 Å². The Labute approximate surface area is 104 Å². The third-order valence-corrected chi connectivity index (χ3v) is 5.78. The van der Waals surface area contributed by atoms with Crippen LogP contribution in [0.4, 0.5) is 0 Å². The zero-order chi connectivity index (χ0) is 12.2. The van der Waals surface area contributed by atoms with Crippen LogP contribution in [0.25, 0.3) is 0 Å². The van der Waals surface area contributed by atoms with E-state index in [1.54, 1.807) is 23.5 Å². The summed E-state index contributed by atoms with van der Waals surface area (Å²) in [7, 11) is 2.57. The van der Waals surface area contributed by atoms with Crippen molar-refractivity contribution in [2.75, 3.05) is 25.7 Å². The van der Waals surface area contributed by atoms with Crippen molar-refractivity contribution in [1.29, 1.82) is 0 Å². The molecule has 0 amide bonds. The zero-order valence-corrected chi connectivity index (χ0v) is 11.3. The molecule has 0 atom stereocenters. The van der Waals surface area contributed by atoms with E-state index in [4.69, 9.17) is 0 Å². The number of thioether (sulfide) groups is 2. The molecular formula is C10H16O4S2. The maximum atomic E-state index is 11.5. The maximum absolute atomic E-state index is 11.5. The van der Waals surface area contributed by atoms with Crippen LogP contribution in [0.15, 0.2) is 0 Å². The van der Waals surface area contributed by atoms with Gasteiger partial charge in [-0.1, -0.05) is 0 Å². The molecule has 16 heavy (non-hydrogen) atoms. The highest BCUT2D eigenvalue weighted by Gasteiger charge is 2.40. The van der Waals surface area contributed by atoms with Crippen molar-refractivity contribution in [3.63, 3.8) is 0 Å². The van der Waals surface area contributed by atoms with Crippen LogP contribution < -0.4 is 0 Å². The van der Waals surface area contributed by atoms with E-state index in [1.165, 1.54) is 14.2 Å². The Balaban J connectivity index is 2.70. The van der Waals surface area contributed by atoms with Crippen molar-refractivity contribution in [2.45, 2.75) is 17.4 Å². The minimum atomic E-state index is -0.807. The molecule has 1 aliphatic heterocycles. The van der Waals surface area contributed by atoms with Crippen molar-refractivity contribution in [3.8, 4) is 0 Å². The highest BCUT2D eigenvalue weighted by Crippen LogP contribution is 2.47. The van der Waals surface area contributed by atoms with Crippen LogP contribution in [-0.4, -0.2) is 41.7 Å². The number of carbonyl (C=O) groups excluding carboxylic acids is 2. The van der Waals surface area contributed by atoms with Crippen LogP contribution >= 0.6 is 23.5 Å². The molecule has 0 unspecified atom stereocenters. The van der Waals surface area contributed by atoms with Gasteiger partial charge in [-0.25, -0.2) is 0 Å². The zero-order valence-electron chi connectivity index (χ0n) is 9.65. The summed E-state index contributed by atoms with van der Waals surface area (Å²) in [5.74, 6) is 0.271. The third kappa shape index (κ3) is 3.31. The van der Waals surface area contributed by atoms with Gasteiger partial charge < -0.3 is 9.47 Å². The second-order valence-corrected chi connectivity index (χ2v) is 7.09. The van der Waals surface area contributed by atoms with Gasteiger partial charge in [0.05, 0.1) is 18.3 Å². The summed E-state index contributed by atoms with van der Waals surface area (Å²) in [5, 5.41) is 0. The Hall–Kier alpha value is -0.360. The number of carbonyl (C=O) groups is 2. The van der Waals surface area contributed by atoms with Crippen molar-refractivity contribution >= 4 is 35.5 Å². The fourth-order valence-corrected chi connectivity index (χ4v) is 4.53. The van der Waals surface area contributed by atoms with Crippen LogP contribution in [0.5, 0.6) is 0 Å². The van der Waals surface area contributed by atoms with E-state index in [2.05, 4.69) is 9.47 Å². The second-order valence-electron chi connectivity index (χ2n) is 3.63. The minimum absolute atomic E-state index is 0.0902. The Bertz CT molecular complexity index is 258. The first-order valence-corrected chi connectivity index (χ1v) is 6.93. The van der Waals surface area contributed by atoms with E-state index >= 15 is 0 Å². The molecular weight excluding hydrogens is 248 g/mol. The predicted octanol–water partition coefficient (Wildman–Crippen LogP) is 1.53. The Kier molecular flexibility index (Phi) is 4.98. The number of esters is 2. The molecule has 1 saturated heterocycles. The van der Waals surface area contributed by atoms with Gasteiger partial charge in [-0.3, -0.25) is 9.59 Å². The number of rotatable bonds is 4. The van der Waals surface area contributed by atoms with Crippen LogP contribution in [0.2, 0.25) is 0 Å². The lowest BCUT2D eigenvalue weighted by atomic mass is 10.0. The first kappa shape index (κ1) is 13.7. The van der Waals surface area contributed by atoms with Gasteiger partial charge in [0, 0.05) is 11.5 Å². The van der Waals surface area contributed by atoms with Gasteiger partial charge in [-0.2, -0.15) is 0 Å². The first-order chi connectivity index (χ1) is 7.52. The Morgan fingerprint density at radius 3 is 2.00 bits per heavy atom. The summed E-state index contributed by atoms with van der Waals surface area (Å²) in [6, 6.07) is 0. The largest absolute Gasteiger partial charge is 0.468 e. The van der Waals surface area contributed by atoms with Crippen molar-refractivity contribution in [1.82, 2.24) is 0 Å². The molecule has 0 bridgehead atoms. The summed E-state index contributed by atoms with van der Waals surface area (Å²) in [6.07, 6.45) is 0.460. The normalized spacial score (nSPS) is 18.5. The highest BCUT2D eigenvalue weighted by molar-refractivity contribution is 8.21. The molecule has 1 heterocycles. The van der Waals surface area contributed by atoms with Crippen LogP contribution in [0, 0.1) is 5.92 Å². The molecule has 0 radical (unpaired) electrons. The summed E-state index contributed by atoms with van der Waals surface area (Å²) in [4.78, 5) is 23.0. The highest BCUT2D eigenvalue weighted by atomic mass is 32.2. The molecule has 0 N–H and O–H groups in total. The number of methoxy groups -OCH3 is 2. The predicted molar refractivity (Wildman–Crippen MR) is 65.5 cm³/mol. The van der Waals surface area contributed by atoms with E-state index in [0.29, 0.717) is 6.42 Å². The lowest BCUT2D eigenvalue weighted by Crippen LogP contribution is -2.32. The molecule has 1 rings (SSSR count). The van der Waals surface area contributed by atoms with E-state index < -0.39 is 17.9 Å². The molecule has 1 fully saturated rings. The summed E-state index contributed by atoms with van der Waals surface area (Å²) >= 11 is 3.55. The van der Waals surface area contributed by atoms with Crippen molar-refractivity contribution < 1.29 is 19.1 Å². The quantitative estimate of drug-likeness (QED) is 0.567. The molecule has 0 spiro atoms. The van der Waals surface area contributed by atoms with E-state index in [9.17, 15) is 9.59 Å². The number of hydrogen-bond donors (Lipinski definition) is 0. The SMILES string of the molecule is COC(=O)C(CC1(C)SCCS1)C(=O)OC.